The maximum absolute atomic E-state index is 13.4. The summed E-state index contributed by atoms with van der Waals surface area (Å²) in [5.41, 5.74) is -1.15. The zero-order chi connectivity index (χ0) is 13.9. The maximum Gasteiger partial charge on any atom is 0.416 e. The number of hydrogen-bond acceptors (Lipinski definition) is 2. The second-order valence-corrected chi connectivity index (χ2v) is 3.58. The molecule has 0 heterocycles. The number of halogens is 4. The number of benzene rings is 1. The van der Waals surface area contributed by atoms with Crippen LogP contribution in [0.25, 0.3) is 0 Å². The van der Waals surface area contributed by atoms with Crippen molar-refractivity contribution in [3.63, 3.8) is 0 Å². The molecule has 98 valence electrons. The molecule has 0 radical (unpaired) electrons. The van der Waals surface area contributed by atoms with Gasteiger partial charge in [-0.1, -0.05) is 12.6 Å². The Balaban J connectivity index is 2.94. The summed E-state index contributed by atoms with van der Waals surface area (Å²) in [5, 5.41) is 0. The Hall–Kier alpha value is -1.85. The van der Waals surface area contributed by atoms with Crippen LogP contribution < -0.4 is 0 Å². The van der Waals surface area contributed by atoms with Gasteiger partial charge in [0.15, 0.2) is 0 Å². The molecule has 0 amide bonds. The Morgan fingerprint density at radius 3 is 2.44 bits per heavy atom. The lowest BCUT2D eigenvalue weighted by Gasteiger charge is -2.09. The molecule has 0 unspecified atom stereocenters. The molecule has 18 heavy (non-hydrogen) atoms. The molecule has 0 aliphatic carbocycles. The summed E-state index contributed by atoms with van der Waals surface area (Å²) in [6.45, 7) is 3.37. The first-order valence-electron chi connectivity index (χ1n) is 4.87. The van der Waals surface area contributed by atoms with Crippen molar-refractivity contribution in [3.05, 3.63) is 47.3 Å². The van der Waals surface area contributed by atoms with Crippen LogP contribution in [-0.4, -0.2) is 13.1 Å². The smallest absolute Gasteiger partial charge is 0.416 e. The summed E-state index contributed by atoms with van der Waals surface area (Å²) >= 11 is 0. The minimum absolute atomic E-state index is 0.0313. The second-order valence-electron chi connectivity index (χ2n) is 3.58. The van der Waals surface area contributed by atoms with Crippen LogP contribution >= 0.6 is 0 Å². The summed E-state index contributed by atoms with van der Waals surface area (Å²) in [5.74, 6) is -1.76. The first-order chi connectivity index (χ1) is 8.25. The average molecular weight is 262 g/mol. The average Bonchev–Trinajstić information content (AvgIpc) is 2.29. The second kappa shape index (κ2) is 5.20. The van der Waals surface area contributed by atoms with E-state index in [2.05, 4.69) is 11.3 Å². The van der Waals surface area contributed by atoms with E-state index in [-0.39, 0.29) is 17.6 Å². The normalized spacial score (nSPS) is 11.2. The predicted molar refractivity (Wildman–Crippen MR) is 56.3 cm³/mol. The molecule has 0 fully saturated rings. The summed E-state index contributed by atoms with van der Waals surface area (Å²) in [6, 6.07) is 2.12. The van der Waals surface area contributed by atoms with Crippen molar-refractivity contribution >= 4 is 5.97 Å². The molecule has 0 aromatic heterocycles. The Kier molecular flexibility index (Phi) is 4.11. The van der Waals surface area contributed by atoms with E-state index in [0.29, 0.717) is 6.07 Å². The van der Waals surface area contributed by atoms with Gasteiger partial charge in [-0.25, -0.2) is 9.18 Å². The van der Waals surface area contributed by atoms with Gasteiger partial charge in [-0.05, 0) is 17.7 Å². The van der Waals surface area contributed by atoms with Gasteiger partial charge in [0.1, 0.15) is 5.82 Å². The van der Waals surface area contributed by atoms with E-state index < -0.39 is 23.5 Å². The van der Waals surface area contributed by atoms with E-state index in [9.17, 15) is 22.4 Å². The van der Waals surface area contributed by atoms with Crippen molar-refractivity contribution in [1.82, 2.24) is 0 Å². The predicted octanol–water partition coefficient (Wildman–Crippen LogP) is 3.12. The van der Waals surface area contributed by atoms with Gasteiger partial charge in [0.25, 0.3) is 0 Å². The third kappa shape index (κ3) is 3.32. The Morgan fingerprint density at radius 2 is 2.00 bits per heavy atom. The van der Waals surface area contributed by atoms with Crippen LogP contribution in [0.4, 0.5) is 17.6 Å². The van der Waals surface area contributed by atoms with Crippen molar-refractivity contribution in [3.8, 4) is 0 Å². The Labute approximate surface area is 101 Å². The minimum Gasteiger partial charge on any atom is -0.466 e. The summed E-state index contributed by atoms with van der Waals surface area (Å²) < 4.78 is 54.6. The van der Waals surface area contributed by atoms with E-state index >= 15 is 0 Å². The first kappa shape index (κ1) is 14.2. The van der Waals surface area contributed by atoms with Crippen LogP contribution in [0.2, 0.25) is 0 Å². The number of ether oxygens (including phenoxy) is 1. The topological polar surface area (TPSA) is 26.3 Å². The third-order valence-electron chi connectivity index (χ3n) is 2.26. The summed E-state index contributed by atoms with van der Waals surface area (Å²) in [6.07, 6.45) is -4.80. The van der Waals surface area contributed by atoms with Crippen LogP contribution in [0, 0.1) is 5.82 Å². The highest BCUT2D eigenvalue weighted by molar-refractivity contribution is 5.88. The van der Waals surface area contributed by atoms with Crippen LogP contribution in [0.1, 0.15) is 11.1 Å². The molecule has 0 N–H and O–H groups in total. The van der Waals surface area contributed by atoms with Gasteiger partial charge < -0.3 is 4.74 Å². The number of methoxy groups -OCH3 is 1. The van der Waals surface area contributed by atoms with E-state index in [1.165, 1.54) is 0 Å². The SMILES string of the molecule is C=C(Cc1ccc(C(F)(F)F)cc1F)C(=O)OC. The fourth-order valence-electron chi connectivity index (χ4n) is 1.31. The first-order valence-corrected chi connectivity index (χ1v) is 4.87. The number of alkyl halides is 3. The molecule has 0 atom stereocenters. The fraction of sp³-hybridized carbons (Fsp3) is 0.250. The van der Waals surface area contributed by atoms with E-state index in [1.54, 1.807) is 0 Å². The summed E-state index contributed by atoms with van der Waals surface area (Å²) in [7, 11) is 1.14. The summed E-state index contributed by atoms with van der Waals surface area (Å²) in [4.78, 5) is 11.0. The Bertz CT molecular complexity index is 477. The van der Waals surface area contributed by atoms with Gasteiger partial charge in [-0.3, -0.25) is 0 Å². The van der Waals surface area contributed by atoms with E-state index in [0.717, 1.165) is 19.2 Å². The molecule has 0 saturated carbocycles. The van der Waals surface area contributed by atoms with Crippen molar-refractivity contribution in [2.75, 3.05) is 7.11 Å². The number of hydrogen-bond donors (Lipinski definition) is 0. The molecule has 0 aliphatic rings. The molecule has 1 aromatic carbocycles. The highest BCUT2D eigenvalue weighted by Gasteiger charge is 2.31. The van der Waals surface area contributed by atoms with Crippen LogP contribution in [0.5, 0.6) is 0 Å². The molecule has 1 aromatic rings. The molecule has 0 aliphatic heterocycles. The van der Waals surface area contributed by atoms with Crippen LogP contribution in [-0.2, 0) is 22.1 Å². The lowest BCUT2D eigenvalue weighted by Crippen LogP contribution is -2.09. The molecule has 0 saturated heterocycles. The number of carbonyl (C=O) groups is 1. The van der Waals surface area contributed by atoms with Crippen molar-refractivity contribution in [1.29, 1.82) is 0 Å². The highest BCUT2D eigenvalue weighted by Crippen LogP contribution is 2.30. The highest BCUT2D eigenvalue weighted by atomic mass is 19.4. The number of rotatable bonds is 3. The largest absolute Gasteiger partial charge is 0.466 e. The van der Waals surface area contributed by atoms with Crippen LogP contribution in [0.3, 0.4) is 0 Å². The molecule has 1 rings (SSSR count). The van der Waals surface area contributed by atoms with Gasteiger partial charge in [0.2, 0.25) is 0 Å². The van der Waals surface area contributed by atoms with Crippen molar-refractivity contribution < 1.29 is 27.1 Å². The third-order valence-corrected chi connectivity index (χ3v) is 2.26. The molecule has 0 spiro atoms. The lowest BCUT2D eigenvalue weighted by molar-refractivity contribution is -0.138. The lowest BCUT2D eigenvalue weighted by atomic mass is 10.0. The number of esters is 1. The van der Waals surface area contributed by atoms with Gasteiger partial charge >= 0.3 is 12.1 Å². The molecular weight excluding hydrogens is 252 g/mol. The molecule has 0 bridgehead atoms. The number of carbonyl (C=O) groups excluding carboxylic acids is 1. The van der Waals surface area contributed by atoms with E-state index in [1.807, 2.05) is 0 Å². The van der Waals surface area contributed by atoms with Crippen molar-refractivity contribution in [2.24, 2.45) is 0 Å². The Morgan fingerprint density at radius 1 is 1.39 bits per heavy atom. The standard InChI is InChI=1S/C12H10F4O2/c1-7(11(17)18-2)5-8-3-4-9(6-10(8)13)12(14,15)16/h3-4,6H,1,5H2,2H3. The van der Waals surface area contributed by atoms with Gasteiger partial charge in [0.05, 0.1) is 12.7 Å². The minimum atomic E-state index is -4.60. The fourth-order valence-corrected chi connectivity index (χ4v) is 1.31. The molecular formula is C12H10F4O2. The maximum atomic E-state index is 13.4. The monoisotopic (exact) mass is 262 g/mol. The van der Waals surface area contributed by atoms with Gasteiger partial charge in [-0.2, -0.15) is 13.2 Å². The van der Waals surface area contributed by atoms with E-state index in [4.69, 9.17) is 0 Å². The molecule has 6 heteroatoms. The quantitative estimate of drug-likeness (QED) is 0.475. The van der Waals surface area contributed by atoms with Gasteiger partial charge in [0, 0.05) is 12.0 Å². The zero-order valence-electron chi connectivity index (χ0n) is 9.47. The molecule has 2 nitrogen and oxygen atoms in total. The van der Waals surface area contributed by atoms with Crippen molar-refractivity contribution in [2.45, 2.75) is 12.6 Å². The van der Waals surface area contributed by atoms with Crippen LogP contribution in [0.15, 0.2) is 30.4 Å². The van der Waals surface area contributed by atoms with Gasteiger partial charge in [-0.15, -0.1) is 0 Å². The zero-order valence-corrected chi connectivity index (χ0v) is 9.47.